The number of nitrogens with zero attached hydrogens (tertiary/aromatic N) is 3. The molecule has 2 aromatic rings. The number of hydrogen-bond acceptors (Lipinski definition) is 3. The molecule has 4 heteroatoms. The Morgan fingerprint density at radius 1 is 1.00 bits per heavy atom. The SMILES string of the molecule is Cc1ccc(-n2cc(C)nc2NC2CCCCC2)c(C)n1. The molecule has 112 valence electrons. The van der Waals surface area contributed by atoms with Crippen LogP contribution in [0.25, 0.3) is 5.69 Å². The Morgan fingerprint density at radius 3 is 2.48 bits per heavy atom. The van der Waals surface area contributed by atoms with E-state index in [9.17, 15) is 0 Å². The summed E-state index contributed by atoms with van der Waals surface area (Å²) in [5, 5.41) is 3.63. The molecule has 0 spiro atoms. The molecule has 21 heavy (non-hydrogen) atoms. The second-order valence-corrected chi connectivity index (χ2v) is 6.11. The smallest absolute Gasteiger partial charge is 0.208 e. The molecule has 1 saturated carbocycles. The largest absolute Gasteiger partial charge is 0.353 e. The van der Waals surface area contributed by atoms with E-state index in [0.717, 1.165) is 28.7 Å². The van der Waals surface area contributed by atoms with Crippen molar-refractivity contribution in [3.05, 3.63) is 35.4 Å². The molecule has 2 heterocycles. The number of anilines is 1. The van der Waals surface area contributed by atoms with Crippen molar-refractivity contribution in [1.82, 2.24) is 14.5 Å². The Balaban J connectivity index is 1.91. The summed E-state index contributed by atoms with van der Waals surface area (Å²) in [5.74, 6) is 0.952. The topological polar surface area (TPSA) is 42.7 Å². The van der Waals surface area contributed by atoms with Crippen molar-refractivity contribution >= 4 is 5.95 Å². The first-order chi connectivity index (χ1) is 10.1. The lowest BCUT2D eigenvalue weighted by atomic mass is 9.96. The maximum atomic E-state index is 4.67. The van der Waals surface area contributed by atoms with Gasteiger partial charge in [-0.3, -0.25) is 9.55 Å². The van der Waals surface area contributed by atoms with Gasteiger partial charge in [-0.15, -0.1) is 0 Å². The first-order valence-electron chi connectivity index (χ1n) is 7.90. The zero-order valence-electron chi connectivity index (χ0n) is 13.2. The third kappa shape index (κ3) is 3.09. The highest BCUT2D eigenvalue weighted by molar-refractivity contribution is 5.46. The van der Waals surface area contributed by atoms with E-state index >= 15 is 0 Å². The summed E-state index contributed by atoms with van der Waals surface area (Å²) in [6.07, 6.45) is 8.59. The van der Waals surface area contributed by atoms with Crippen LogP contribution >= 0.6 is 0 Å². The van der Waals surface area contributed by atoms with Crippen molar-refractivity contribution < 1.29 is 0 Å². The van der Waals surface area contributed by atoms with Gasteiger partial charge in [-0.2, -0.15) is 0 Å². The quantitative estimate of drug-likeness (QED) is 0.928. The van der Waals surface area contributed by atoms with Gasteiger partial charge in [0.05, 0.1) is 17.1 Å². The molecule has 0 saturated heterocycles. The van der Waals surface area contributed by atoms with Crippen LogP contribution < -0.4 is 5.32 Å². The predicted molar refractivity (Wildman–Crippen MR) is 86.1 cm³/mol. The summed E-state index contributed by atoms with van der Waals surface area (Å²) < 4.78 is 2.14. The Labute approximate surface area is 126 Å². The van der Waals surface area contributed by atoms with E-state index in [4.69, 9.17) is 0 Å². The zero-order valence-corrected chi connectivity index (χ0v) is 13.2. The number of pyridine rings is 1. The number of aromatic nitrogens is 3. The molecule has 0 aromatic carbocycles. The normalized spacial score (nSPS) is 16.1. The van der Waals surface area contributed by atoms with Gasteiger partial charge in [0.1, 0.15) is 0 Å². The number of nitrogens with one attached hydrogen (secondary N) is 1. The molecular formula is C17H24N4. The van der Waals surface area contributed by atoms with Crippen LogP contribution in [0.15, 0.2) is 18.3 Å². The van der Waals surface area contributed by atoms with Gasteiger partial charge in [-0.05, 0) is 45.7 Å². The lowest BCUT2D eigenvalue weighted by molar-refractivity contribution is 0.460. The number of imidazole rings is 1. The predicted octanol–water partition coefficient (Wildman–Crippen LogP) is 3.94. The average molecular weight is 284 g/mol. The second-order valence-electron chi connectivity index (χ2n) is 6.11. The summed E-state index contributed by atoms with van der Waals surface area (Å²) in [6.45, 7) is 6.12. The van der Waals surface area contributed by atoms with E-state index < -0.39 is 0 Å². The fourth-order valence-electron chi connectivity index (χ4n) is 3.15. The summed E-state index contributed by atoms with van der Waals surface area (Å²) in [4.78, 5) is 9.24. The lowest BCUT2D eigenvalue weighted by Crippen LogP contribution is -2.24. The van der Waals surface area contributed by atoms with Gasteiger partial charge in [0.2, 0.25) is 5.95 Å². The van der Waals surface area contributed by atoms with Crippen molar-refractivity contribution in [1.29, 1.82) is 0 Å². The molecular weight excluding hydrogens is 260 g/mol. The molecule has 1 aliphatic rings. The molecule has 3 rings (SSSR count). The molecule has 0 bridgehead atoms. The van der Waals surface area contributed by atoms with E-state index in [0.29, 0.717) is 6.04 Å². The maximum absolute atomic E-state index is 4.67. The molecule has 1 N–H and O–H groups in total. The molecule has 4 nitrogen and oxygen atoms in total. The third-order valence-corrected chi connectivity index (χ3v) is 4.22. The van der Waals surface area contributed by atoms with Gasteiger partial charge in [0.25, 0.3) is 0 Å². The number of aryl methyl sites for hydroxylation is 3. The van der Waals surface area contributed by atoms with Crippen LogP contribution in [-0.2, 0) is 0 Å². The van der Waals surface area contributed by atoms with Crippen LogP contribution in [0.1, 0.15) is 49.2 Å². The van der Waals surface area contributed by atoms with Gasteiger partial charge in [-0.1, -0.05) is 19.3 Å². The molecule has 0 aliphatic heterocycles. The Kier molecular flexibility index (Phi) is 3.95. The minimum Gasteiger partial charge on any atom is -0.353 e. The minimum absolute atomic E-state index is 0.554. The molecule has 0 radical (unpaired) electrons. The third-order valence-electron chi connectivity index (χ3n) is 4.22. The van der Waals surface area contributed by atoms with Gasteiger partial charge in [0.15, 0.2) is 0 Å². The summed E-state index contributed by atoms with van der Waals surface area (Å²) in [5.41, 5.74) is 4.24. The molecule has 0 atom stereocenters. The fraction of sp³-hybridized carbons (Fsp3) is 0.529. The molecule has 1 fully saturated rings. The van der Waals surface area contributed by atoms with Gasteiger partial charge in [-0.25, -0.2) is 4.98 Å². The Hall–Kier alpha value is -1.84. The van der Waals surface area contributed by atoms with E-state index in [1.54, 1.807) is 0 Å². The summed E-state index contributed by atoms with van der Waals surface area (Å²) >= 11 is 0. The van der Waals surface area contributed by atoms with Crippen molar-refractivity contribution in [3.63, 3.8) is 0 Å². The Bertz CT molecular complexity index is 624. The highest BCUT2D eigenvalue weighted by atomic mass is 15.2. The molecule has 0 unspecified atom stereocenters. The van der Waals surface area contributed by atoms with Crippen LogP contribution in [0.4, 0.5) is 5.95 Å². The van der Waals surface area contributed by atoms with Crippen molar-refractivity contribution in [2.24, 2.45) is 0 Å². The first-order valence-corrected chi connectivity index (χ1v) is 7.90. The fourth-order valence-corrected chi connectivity index (χ4v) is 3.15. The first kappa shape index (κ1) is 14.1. The van der Waals surface area contributed by atoms with Crippen molar-refractivity contribution in [2.45, 2.75) is 58.9 Å². The summed E-state index contributed by atoms with van der Waals surface area (Å²) in [7, 11) is 0. The standard InChI is InChI=1S/C17H24N4/c1-12-9-10-16(14(3)18-12)21-11-13(2)19-17(21)20-15-7-5-4-6-8-15/h9-11,15H,4-8H2,1-3H3,(H,19,20). The van der Waals surface area contributed by atoms with Crippen molar-refractivity contribution in [2.75, 3.05) is 5.32 Å². The van der Waals surface area contributed by atoms with E-state index in [-0.39, 0.29) is 0 Å². The van der Waals surface area contributed by atoms with E-state index in [1.807, 2.05) is 13.8 Å². The van der Waals surface area contributed by atoms with Gasteiger partial charge in [0, 0.05) is 17.9 Å². The van der Waals surface area contributed by atoms with Gasteiger partial charge >= 0.3 is 0 Å². The van der Waals surface area contributed by atoms with Gasteiger partial charge < -0.3 is 5.32 Å². The Morgan fingerprint density at radius 2 is 1.76 bits per heavy atom. The highest BCUT2D eigenvalue weighted by Crippen LogP contribution is 2.24. The second kappa shape index (κ2) is 5.88. The van der Waals surface area contributed by atoms with E-state index in [2.05, 4.69) is 45.1 Å². The van der Waals surface area contributed by atoms with Crippen LogP contribution in [0.3, 0.4) is 0 Å². The minimum atomic E-state index is 0.554. The maximum Gasteiger partial charge on any atom is 0.208 e. The molecule has 1 aliphatic carbocycles. The van der Waals surface area contributed by atoms with Crippen LogP contribution in [0.2, 0.25) is 0 Å². The molecule has 0 amide bonds. The average Bonchev–Trinajstić information content (AvgIpc) is 2.80. The van der Waals surface area contributed by atoms with Crippen LogP contribution in [-0.4, -0.2) is 20.6 Å². The zero-order chi connectivity index (χ0) is 14.8. The lowest BCUT2D eigenvalue weighted by Gasteiger charge is -2.23. The van der Waals surface area contributed by atoms with Crippen LogP contribution in [0.5, 0.6) is 0 Å². The number of hydrogen-bond donors (Lipinski definition) is 1. The van der Waals surface area contributed by atoms with Crippen LogP contribution in [0, 0.1) is 20.8 Å². The highest BCUT2D eigenvalue weighted by Gasteiger charge is 2.17. The monoisotopic (exact) mass is 284 g/mol. The molecule has 2 aromatic heterocycles. The van der Waals surface area contributed by atoms with E-state index in [1.165, 1.54) is 32.1 Å². The van der Waals surface area contributed by atoms with Crippen molar-refractivity contribution in [3.8, 4) is 5.69 Å². The number of rotatable bonds is 3. The summed E-state index contributed by atoms with van der Waals surface area (Å²) in [6, 6.07) is 4.74.